The van der Waals surface area contributed by atoms with E-state index in [0.717, 1.165) is 108 Å². The lowest BCUT2D eigenvalue weighted by Crippen LogP contribution is -2.53. The number of unbranched alkanes of at least 4 members (excludes halogenated alkanes) is 48. The number of alkyl carbamates (subject to hydrolysis) is 4. The fraction of sp³-hybridized carbons (Fsp3) is 0.878. The Balaban J connectivity index is 0.000000564. The third-order valence-corrected chi connectivity index (χ3v) is 31.2. The smallest absolute Gasteiger partial charge is 0.407 e. The Kier molecular flexibility index (Phi) is 73.5. The van der Waals surface area contributed by atoms with Crippen molar-refractivity contribution in [2.45, 2.75) is 599 Å². The average molecular weight is 2050 g/mol. The first-order chi connectivity index (χ1) is 69.9. The second-order valence-electron chi connectivity index (χ2n) is 49.4. The summed E-state index contributed by atoms with van der Waals surface area (Å²) in [6, 6.07) is -0.735. The van der Waals surface area contributed by atoms with Crippen LogP contribution in [0.1, 0.15) is 578 Å². The van der Waals surface area contributed by atoms with Gasteiger partial charge in [0.2, 0.25) is 11.9 Å². The molecule has 1 aliphatic heterocycles. The van der Waals surface area contributed by atoms with Gasteiger partial charge in [-0.3, -0.25) is 20.4 Å². The normalized spacial score (nSPS) is 19.9. The molecule has 23 nitrogen and oxygen atoms in total. The van der Waals surface area contributed by atoms with Gasteiger partial charge >= 0.3 is 36.4 Å². The van der Waals surface area contributed by atoms with E-state index in [2.05, 4.69) is 173 Å². The number of nitrogens with one attached hydrogen (secondary N) is 10. The van der Waals surface area contributed by atoms with Crippen molar-refractivity contribution in [1.82, 2.24) is 52.5 Å². The molecule has 2 heterocycles. The van der Waals surface area contributed by atoms with Crippen molar-refractivity contribution in [2.24, 2.45) is 55.2 Å². The van der Waals surface area contributed by atoms with Crippen molar-refractivity contribution >= 4 is 48.3 Å². The van der Waals surface area contributed by atoms with Gasteiger partial charge in [-0.2, -0.15) is 0 Å². The second-order valence-corrected chi connectivity index (χ2v) is 49.4. The van der Waals surface area contributed by atoms with Crippen LogP contribution in [0.15, 0.2) is 33.8 Å². The summed E-state index contributed by atoms with van der Waals surface area (Å²) < 4.78 is 23.0. The van der Waals surface area contributed by atoms with Gasteiger partial charge in [-0.15, -0.1) is 0 Å². The molecule has 0 bridgehead atoms. The van der Waals surface area contributed by atoms with Gasteiger partial charge < -0.3 is 56.2 Å². The lowest BCUT2D eigenvalue weighted by Gasteiger charge is -2.46. The van der Waals surface area contributed by atoms with Crippen molar-refractivity contribution in [2.75, 3.05) is 51.4 Å². The largest absolute Gasteiger partial charge is 0.450 e. The number of carbonyl (C=O) groups is 6. The molecule has 8 amide bonds. The summed E-state index contributed by atoms with van der Waals surface area (Å²) in [5.74, 6) is 1.81. The molecule has 9 atom stereocenters. The van der Waals surface area contributed by atoms with Gasteiger partial charge in [0, 0.05) is 60.4 Å². The first-order valence-corrected chi connectivity index (χ1v) is 61.0. The quantitative estimate of drug-likeness (QED) is 0.0215. The molecule has 3 aliphatic carbocycles. The van der Waals surface area contributed by atoms with Gasteiger partial charge in [0.25, 0.3) is 5.56 Å². The number of ether oxygens (including phenoxy) is 4. The van der Waals surface area contributed by atoms with E-state index in [-0.39, 0.29) is 92.5 Å². The number of aryl methyl sites for hydroxylation is 1. The number of aromatic amines is 1. The van der Waals surface area contributed by atoms with E-state index in [9.17, 15) is 33.6 Å². The Morgan fingerprint density at radius 3 is 0.870 bits per heavy atom. The number of allylic oxidation sites excluding steroid dienone is 2. The molecule has 146 heavy (non-hydrogen) atoms. The standard InChI is InChI=1S/C42H77N5O4.C42H77N5O3.C39H76N2O4/c1-8-10-12-14-16-18-19-21-23-25-27-35(26-24-22-20-17-15-13-11-9-2)30-51-40(50)45-36-28-41(5,6)31-42(7,29-36)32-43-39(49)47-38-44-34(4)33(3)37(48)46-38;1-8-10-12-14-16-18-19-21-23-25-27-36(26-24-22-20-17-15-13-11-9-2)31-50-40(49)46-37-29-41(5,6)32-42(7,30-37)33-43-39(48)47-38-44-34(3)28-35(4)45-38;1-7-10-12-14-16-18-19-21-23-25-27-34(26-24-22-20-17-15-13-11-8-2)31-45-37(43)41-35-29-38(4,5)32-39(6,30-35)33-40-36(42)44-28-9-3/h35-36H,8-32H2,1-7H3,(H,45,50)(H3,43,44,46,47,48,49);28,36-37H,3,8-27,29-33H2,1-2,4-7H3,(H,46,49)(H3,43,44,45,47,48);34-35H,7-33H2,1-6H3,(H,40,42)(H,41,43). The third-order valence-electron chi connectivity index (χ3n) is 31.2. The van der Waals surface area contributed by atoms with Crippen molar-refractivity contribution in [1.29, 1.82) is 0 Å². The van der Waals surface area contributed by atoms with Crippen LogP contribution in [0.5, 0.6) is 0 Å². The molecule has 1 aromatic rings. The monoisotopic (exact) mass is 2050 g/mol. The fourth-order valence-electron chi connectivity index (χ4n) is 24.1. The molecule has 9 unspecified atom stereocenters. The molecule has 0 saturated heterocycles. The lowest BCUT2D eigenvalue weighted by atomic mass is 9.62. The minimum Gasteiger partial charge on any atom is -0.450 e. The number of H-pyrrole nitrogens is 1. The number of amides is 8. The number of hydrogen-bond acceptors (Lipinski definition) is 14. The van der Waals surface area contributed by atoms with Crippen molar-refractivity contribution in [3.63, 3.8) is 0 Å². The maximum Gasteiger partial charge on any atom is 0.407 e. The predicted octanol–water partition coefficient (Wildman–Crippen LogP) is 34.6. The van der Waals surface area contributed by atoms with Crippen LogP contribution in [0.25, 0.3) is 0 Å². The van der Waals surface area contributed by atoms with E-state index in [1.807, 2.05) is 19.9 Å². The first kappa shape index (κ1) is 134. The van der Waals surface area contributed by atoms with Crippen LogP contribution in [0, 0.1) is 64.1 Å². The van der Waals surface area contributed by atoms with Crippen LogP contribution in [-0.2, 0) is 18.9 Å². The van der Waals surface area contributed by atoms with Gasteiger partial charge in [0.15, 0.2) is 0 Å². The van der Waals surface area contributed by atoms with Crippen LogP contribution in [0.3, 0.4) is 0 Å². The summed E-state index contributed by atoms with van der Waals surface area (Å²) in [6.07, 6.45) is 88.1. The molecule has 0 radical (unpaired) electrons. The summed E-state index contributed by atoms with van der Waals surface area (Å²) in [7, 11) is 0. The topological polar surface area (TPSA) is 306 Å². The molecule has 848 valence electrons. The zero-order valence-electron chi connectivity index (χ0n) is 98.1. The zero-order chi connectivity index (χ0) is 107. The van der Waals surface area contributed by atoms with E-state index in [1.165, 1.54) is 347 Å². The van der Waals surface area contributed by atoms with Crippen LogP contribution in [0.2, 0.25) is 0 Å². The molecule has 10 N–H and O–H groups in total. The number of anilines is 1. The van der Waals surface area contributed by atoms with Crippen LogP contribution < -0.4 is 53.4 Å². The Morgan fingerprint density at radius 2 is 0.610 bits per heavy atom. The Morgan fingerprint density at radius 1 is 0.349 bits per heavy atom. The highest BCUT2D eigenvalue weighted by Gasteiger charge is 2.45. The van der Waals surface area contributed by atoms with Crippen molar-refractivity contribution in [3.8, 4) is 0 Å². The zero-order valence-corrected chi connectivity index (χ0v) is 98.1. The summed E-state index contributed by atoms with van der Waals surface area (Å²) in [5.41, 5.74) is 1.87. The van der Waals surface area contributed by atoms with Gasteiger partial charge in [0.05, 0.1) is 26.4 Å². The molecule has 0 spiro atoms. The minimum atomic E-state index is -0.417. The number of aromatic nitrogens is 2. The van der Waals surface area contributed by atoms with E-state index >= 15 is 0 Å². The summed E-state index contributed by atoms with van der Waals surface area (Å²) in [5, 5.41) is 27.1. The molecule has 1 aromatic heterocycles. The number of guanidine groups is 1. The second kappa shape index (κ2) is 80.3. The number of rotatable bonds is 78. The molecule has 23 heteroatoms. The Hall–Kier alpha value is -6.55. The summed E-state index contributed by atoms with van der Waals surface area (Å²) in [6.45, 7) is 48.3. The maximum atomic E-state index is 13.2. The molecule has 5 rings (SSSR count). The van der Waals surface area contributed by atoms with E-state index < -0.39 is 6.03 Å². The number of hydrogen-bond donors (Lipinski definition) is 10. The molecular formula is C123H230N12O11. The highest BCUT2D eigenvalue weighted by molar-refractivity contribution is 5.98. The van der Waals surface area contributed by atoms with Crippen LogP contribution >= 0.6 is 0 Å². The van der Waals surface area contributed by atoms with Gasteiger partial charge in [0.1, 0.15) is 0 Å². The molecule has 4 aliphatic rings. The lowest BCUT2D eigenvalue weighted by molar-refractivity contribution is 0.0595. The molecule has 0 aromatic carbocycles. The van der Waals surface area contributed by atoms with Gasteiger partial charge in [-0.05, 0) is 180 Å². The van der Waals surface area contributed by atoms with Crippen molar-refractivity contribution in [3.05, 3.63) is 45.7 Å². The fourth-order valence-corrected chi connectivity index (χ4v) is 24.1. The highest BCUT2D eigenvalue weighted by Crippen LogP contribution is 2.49. The SMILES string of the molecule is C=C1C=C(C)N=C(NC(=O)NCC2(C)CC(NC(=O)OCC(CCCCCCCCCC)CCCCCCCCCCCC)CC(C)(C)C2)N1.CCCCCCCCCCCCC(CCCCCCCCCC)COC(=O)NC1CC(C)(C)CC(C)(CNC(=O)Nc2nc(C)c(C)c(=O)[nH]2)C1.CCCCCCCCCCCCC(CCCCCCCCCC)COC(=O)NC1CC(C)(C)CC(C)(CNC(=O)OCCC)C1. The summed E-state index contributed by atoms with van der Waals surface area (Å²) in [4.78, 5) is 100. The summed E-state index contributed by atoms with van der Waals surface area (Å²) >= 11 is 0. The Labute approximate surface area is 894 Å². The third kappa shape index (κ3) is 69.1. The number of urea groups is 2. The van der Waals surface area contributed by atoms with Crippen molar-refractivity contribution < 1.29 is 47.7 Å². The van der Waals surface area contributed by atoms with E-state index in [0.29, 0.717) is 86.7 Å². The number of aliphatic imine (C=N–C) groups is 1. The molecule has 3 fully saturated rings. The average Bonchev–Trinajstić information content (AvgIpc) is 0.804. The van der Waals surface area contributed by atoms with Gasteiger partial charge in [-0.1, -0.05) is 464 Å². The molecular weight excluding hydrogens is 1820 g/mol. The number of carbonyl (C=O) groups excluding carboxylic acids is 6. The Bertz CT molecular complexity index is 3710. The van der Waals surface area contributed by atoms with E-state index in [4.69, 9.17) is 18.9 Å². The van der Waals surface area contributed by atoms with Crippen LogP contribution in [0.4, 0.5) is 34.7 Å². The van der Waals surface area contributed by atoms with E-state index in [1.54, 1.807) is 13.8 Å². The number of nitrogens with zero attached hydrogens (tertiary/aromatic N) is 2. The first-order valence-electron chi connectivity index (χ1n) is 61.0. The highest BCUT2D eigenvalue weighted by atomic mass is 16.6. The maximum absolute atomic E-state index is 13.2. The molecule has 3 saturated carbocycles. The minimum absolute atomic E-state index is 0.00487. The van der Waals surface area contributed by atoms with Gasteiger partial charge in [-0.25, -0.2) is 38.7 Å². The predicted molar refractivity (Wildman–Crippen MR) is 615 cm³/mol. The van der Waals surface area contributed by atoms with Crippen LogP contribution in [-0.4, -0.2) is 117 Å².